The minimum atomic E-state index is 0. The van der Waals surface area contributed by atoms with Gasteiger partial charge >= 0.3 is 0 Å². The molecule has 1 aromatic heterocycles. The number of aryl methyl sites for hydroxylation is 1. The van der Waals surface area contributed by atoms with Gasteiger partial charge in [-0.15, -0.1) is 34.2 Å². The molecule has 0 spiro atoms. The van der Waals surface area contributed by atoms with E-state index in [1.165, 1.54) is 5.75 Å². The van der Waals surface area contributed by atoms with Crippen LogP contribution in [-0.2, 0) is 6.54 Å². The lowest BCUT2D eigenvalue weighted by atomic mass is 10.1. The van der Waals surface area contributed by atoms with E-state index in [0.717, 1.165) is 50.9 Å². The van der Waals surface area contributed by atoms with Crippen LogP contribution >= 0.6 is 35.7 Å². The van der Waals surface area contributed by atoms with E-state index in [-0.39, 0.29) is 24.0 Å². The third kappa shape index (κ3) is 6.86. The van der Waals surface area contributed by atoms with Gasteiger partial charge in [0.15, 0.2) is 5.96 Å². The van der Waals surface area contributed by atoms with E-state index in [9.17, 15) is 0 Å². The molecule has 23 heavy (non-hydrogen) atoms. The highest BCUT2D eigenvalue weighted by molar-refractivity contribution is 14.0. The summed E-state index contributed by atoms with van der Waals surface area (Å²) in [5.41, 5.74) is 0. The van der Waals surface area contributed by atoms with Crippen LogP contribution in [0.1, 0.15) is 26.7 Å². The Morgan fingerprint density at radius 3 is 2.74 bits per heavy atom. The van der Waals surface area contributed by atoms with Gasteiger partial charge in [-0.25, -0.2) is 0 Å². The summed E-state index contributed by atoms with van der Waals surface area (Å²) in [5, 5.41) is 11.8. The summed E-state index contributed by atoms with van der Waals surface area (Å²) >= 11 is 2.09. The molecule has 0 saturated carbocycles. The van der Waals surface area contributed by atoms with Gasteiger partial charge in [0.05, 0.1) is 0 Å². The summed E-state index contributed by atoms with van der Waals surface area (Å²) in [7, 11) is 1.88. The van der Waals surface area contributed by atoms with Crippen molar-refractivity contribution in [1.82, 2.24) is 25.0 Å². The normalized spacial score (nSPS) is 18.9. The second kappa shape index (κ2) is 11.1. The van der Waals surface area contributed by atoms with E-state index in [0.29, 0.717) is 5.25 Å². The maximum absolute atomic E-state index is 4.45. The monoisotopic (exact) mass is 452 g/mol. The van der Waals surface area contributed by atoms with Gasteiger partial charge in [-0.1, -0.05) is 13.8 Å². The maximum atomic E-state index is 4.45. The highest BCUT2D eigenvalue weighted by Crippen LogP contribution is 2.24. The van der Waals surface area contributed by atoms with E-state index in [1.54, 1.807) is 12.7 Å². The van der Waals surface area contributed by atoms with Crippen molar-refractivity contribution in [2.45, 2.75) is 38.5 Å². The molecule has 1 aromatic rings. The standard InChI is InChI=1S/C15H28N6S.HI/c1-13(2)14-10-21(8-9-22-14)15(16-3)17-6-4-5-7-20-11-18-19-12-20;/h11-14H,4-10H2,1-3H3,(H,16,17);1H. The van der Waals surface area contributed by atoms with E-state index in [4.69, 9.17) is 0 Å². The molecule has 1 unspecified atom stereocenters. The number of guanidine groups is 1. The molecular formula is C15H29IN6S. The first-order valence-electron chi connectivity index (χ1n) is 8.10. The number of aromatic nitrogens is 3. The zero-order chi connectivity index (χ0) is 15.8. The molecule has 2 heterocycles. The summed E-state index contributed by atoms with van der Waals surface area (Å²) in [5.74, 6) is 2.96. The number of rotatable bonds is 6. The topological polar surface area (TPSA) is 58.3 Å². The number of unbranched alkanes of at least 4 members (excludes halogenated alkanes) is 1. The predicted octanol–water partition coefficient (Wildman–Crippen LogP) is 2.33. The van der Waals surface area contributed by atoms with Crippen LogP contribution in [0.4, 0.5) is 0 Å². The van der Waals surface area contributed by atoms with Crippen molar-refractivity contribution in [1.29, 1.82) is 0 Å². The van der Waals surface area contributed by atoms with Gasteiger partial charge in [-0.2, -0.15) is 11.8 Å². The van der Waals surface area contributed by atoms with Crippen molar-refractivity contribution < 1.29 is 0 Å². The average Bonchev–Trinajstić information content (AvgIpc) is 3.04. The van der Waals surface area contributed by atoms with Crippen molar-refractivity contribution >= 4 is 41.7 Å². The fraction of sp³-hybridized carbons (Fsp3) is 0.800. The molecule has 132 valence electrons. The third-order valence-electron chi connectivity index (χ3n) is 3.94. The minimum Gasteiger partial charge on any atom is -0.356 e. The number of thioether (sulfide) groups is 1. The molecule has 0 radical (unpaired) electrons. The van der Waals surface area contributed by atoms with E-state index in [2.05, 4.69) is 51.0 Å². The molecule has 0 aliphatic carbocycles. The van der Waals surface area contributed by atoms with Crippen LogP contribution in [0.3, 0.4) is 0 Å². The lowest BCUT2D eigenvalue weighted by Gasteiger charge is -2.36. The molecule has 1 aliphatic rings. The molecule has 1 saturated heterocycles. The van der Waals surface area contributed by atoms with Crippen LogP contribution in [-0.4, -0.2) is 63.3 Å². The van der Waals surface area contributed by atoms with Crippen LogP contribution in [0.25, 0.3) is 0 Å². The van der Waals surface area contributed by atoms with Crippen molar-refractivity contribution in [2.75, 3.05) is 32.4 Å². The smallest absolute Gasteiger partial charge is 0.193 e. The number of aliphatic imine (C=N–C) groups is 1. The molecule has 0 aromatic carbocycles. The minimum absolute atomic E-state index is 0. The SMILES string of the molecule is CN=C(NCCCCn1cnnc1)N1CCSC(C(C)C)C1.I. The van der Waals surface area contributed by atoms with E-state index in [1.807, 2.05) is 11.6 Å². The van der Waals surface area contributed by atoms with Crippen molar-refractivity contribution in [3.63, 3.8) is 0 Å². The summed E-state index contributed by atoms with van der Waals surface area (Å²) < 4.78 is 2.02. The fourth-order valence-corrected chi connectivity index (χ4v) is 3.86. The Kier molecular flexibility index (Phi) is 9.92. The van der Waals surface area contributed by atoms with Gasteiger partial charge in [0.25, 0.3) is 0 Å². The number of nitrogens with one attached hydrogen (secondary N) is 1. The number of halogens is 1. The van der Waals surface area contributed by atoms with Crippen molar-refractivity contribution in [3.05, 3.63) is 12.7 Å². The van der Waals surface area contributed by atoms with Crippen molar-refractivity contribution in [3.8, 4) is 0 Å². The van der Waals surface area contributed by atoms with E-state index >= 15 is 0 Å². The van der Waals surface area contributed by atoms with Crippen LogP contribution in [0, 0.1) is 5.92 Å². The lowest BCUT2D eigenvalue weighted by molar-refractivity contribution is 0.380. The van der Waals surface area contributed by atoms with Gasteiger partial charge < -0.3 is 14.8 Å². The first-order valence-corrected chi connectivity index (χ1v) is 9.15. The summed E-state index contributed by atoms with van der Waals surface area (Å²) in [4.78, 5) is 6.85. The molecule has 2 rings (SSSR count). The number of nitrogens with zero attached hydrogens (tertiary/aromatic N) is 5. The quantitative estimate of drug-likeness (QED) is 0.311. The van der Waals surface area contributed by atoms with Crippen LogP contribution in [0.15, 0.2) is 17.6 Å². The first-order chi connectivity index (χ1) is 10.7. The summed E-state index contributed by atoms with van der Waals surface area (Å²) in [6.45, 7) is 8.75. The zero-order valence-electron chi connectivity index (χ0n) is 14.3. The average molecular weight is 452 g/mol. The second-order valence-electron chi connectivity index (χ2n) is 5.98. The van der Waals surface area contributed by atoms with Gasteiger partial charge in [0.1, 0.15) is 12.7 Å². The molecule has 0 bridgehead atoms. The molecular weight excluding hydrogens is 423 g/mol. The molecule has 1 atom stereocenters. The number of hydrogen-bond donors (Lipinski definition) is 1. The highest BCUT2D eigenvalue weighted by atomic mass is 127. The second-order valence-corrected chi connectivity index (χ2v) is 7.33. The molecule has 1 N–H and O–H groups in total. The largest absolute Gasteiger partial charge is 0.356 e. The molecule has 1 fully saturated rings. The zero-order valence-corrected chi connectivity index (χ0v) is 17.5. The highest BCUT2D eigenvalue weighted by Gasteiger charge is 2.24. The number of hydrogen-bond acceptors (Lipinski definition) is 4. The van der Waals surface area contributed by atoms with Gasteiger partial charge in [-0.05, 0) is 18.8 Å². The van der Waals surface area contributed by atoms with E-state index < -0.39 is 0 Å². The van der Waals surface area contributed by atoms with Gasteiger partial charge in [0, 0.05) is 44.2 Å². The summed E-state index contributed by atoms with van der Waals surface area (Å²) in [6, 6.07) is 0. The maximum Gasteiger partial charge on any atom is 0.193 e. The Morgan fingerprint density at radius 1 is 1.35 bits per heavy atom. The Labute approximate surface area is 160 Å². The van der Waals surface area contributed by atoms with Crippen LogP contribution < -0.4 is 5.32 Å². The predicted molar refractivity (Wildman–Crippen MR) is 109 cm³/mol. The molecule has 0 amide bonds. The third-order valence-corrected chi connectivity index (χ3v) is 5.48. The van der Waals surface area contributed by atoms with Gasteiger partial charge in [0.2, 0.25) is 0 Å². The molecule has 1 aliphatic heterocycles. The Morgan fingerprint density at radius 2 is 2.09 bits per heavy atom. The Bertz CT molecular complexity index is 451. The lowest BCUT2D eigenvalue weighted by Crippen LogP contribution is -2.49. The molecule has 8 heteroatoms. The Balaban J connectivity index is 0.00000264. The van der Waals surface area contributed by atoms with Crippen molar-refractivity contribution in [2.24, 2.45) is 10.9 Å². The fourth-order valence-electron chi connectivity index (χ4n) is 2.56. The first kappa shape index (κ1) is 20.5. The van der Waals surface area contributed by atoms with Crippen LogP contribution in [0.2, 0.25) is 0 Å². The molecule has 6 nitrogen and oxygen atoms in total. The Hall–Kier alpha value is -0.510. The summed E-state index contributed by atoms with van der Waals surface area (Å²) in [6.07, 6.45) is 5.77. The van der Waals surface area contributed by atoms with Crippen LogP contribution in [0.5, 0.6) is 0 Å². The van der Waals surface area contributed by atoms with Gasteiger partial charge in [-0.3, -0.25) is 4.99 Å².